The van der Waals surface area contributed by atoms with Gasteiger partial charge in [0.25, 0.3) is 0 Å². The van der Waals surface area contributed by atoms with Crippen molar-refractivity contribution in [1.82, 2.24) is 0 Å². The van der Waals surface area contributed by atoms with Gasteiger partial charge in [-0.2, -0.15) is 0 Å². The molecule has 0 atom stereocenters. The molecule has 0 aliphatic rings. The van der Waals surface area contributed by atoms with Crippen LogP contribution < -0.4 is 0 Å². The first-order valence-electron chi connectivity index (χ1n) is 5.68. The molecule has 0 fully saturated rings. The fraction of sp³-hybridized carbons (Fsp3) is 0.429. The zero-order chi connectivity index (χ0) is 13.1. The highest BCUT2D eigenvalue weighted by atomic mass is 16.5. The second-order valence-electron chi connectivity index (χ2n) is 4.54. The SMILES string of the molecule is CCOC(=O)C(C)(C)C(=O)c1ccc(C)cc1. The van der Waals surface area contributed by atoms with Gasteiger partial charge in [-0.1, -0.05) is 29.8 Å². The Balaban J connectivity index is 2.95. The molecular formula is C14H18O3. The average molecular weight is 234 g/mol. The van der Waals surface area contributed by atoms with Crippen LogP contribution in [0, 0.1) is 12.3 Å². The Morgan fingerprint density at radius 1 is 1.18 bits per heavy atom. The number of carbonyl (C=O) groups excluding carboxylic acids is 2. The molecule has 0 heterocycles. The summed E-state index contributed by atoms with van der Waals surface area (Å²) in [6.45, 7) is 7.14. The van der Waals surface area contributed by atoms with Crippen LogP contribution in [0.4, 0.5) is 0 Å². The number of Topliss-reactive ketones (excluding diaryl/α,β-unsaturated/α-hetero) is 1. The number of hydrogen-bond donors (Lipinski definition) is 0. The summed E-state index contributed by atoms with van der Waals surface area (Å²) in [5, 5.41) is 0. The summed E-state index contributed by atoms with van der Waals surface area (Å²) in [5.41, 5.74) is 0.481. The Morgan fingerprint density at radius 2 is 1.71 bits per heavy atom. The molecule has 0 saturated heterocycles. The van der Waals surface area contributed by atoms with Gasteiger partial charge in [0.2, 0.25) is 0 Å². The highest BCUT2D eigenvalue weighted by Gasteiger charge is 2.37. The van der Waals surface area contributed by atoms with Crippen LogP contribution in [0.1, 0.15) is 36.7 Å². The van der Waals surface area contributed by atoms with Crippen molar-refractivity contribution in [2.24, 2.45) is 5.41 Å². The maximum atomic E-state index is 12.2. The van der Waals surface area contributed by atoms with Gasteiger partial charge in [0.15, 0.2) is 5.78 Å². The van der Waals surface area contributed by atoms with Crippen molar-refractivity contribution in [3.63, 3.8) is 0 Å². The van der Waals surface area contributed by atoms with Crippen molar-refractivity contribution in [1.29, 1.82) is 0 Å². The standard InChI is InChI=1S/C14H18O3/c1-5-17-13(16)14(3,4)12(15)11-8-6-10(2)7-9-11/h6-9H,5H2,1-4H3. The fourth-order valence-corrected chi connectivity index (χ4v) is 1.47. The molecule has 0 N–H and O–H groups in total. The van der Waals surface area contributed by atoms with Crippen LogP contribution >= 0.6 is 0 Å². The molecule has 1 aromatic carbocycles. The van der Waals surface area contributed by atoms with E-state index in [0.717, 1.165) is 5.56 Å². The summed E-state index contributed by atoms with van der Waals surface area (Å²) >= 11 is 0. The summed E-state index contributed by atoms with van der Waals surface area (Å²) < 4.78 is 4.91. The normalized spacial score (nSPS) is 11.1. The molecular weight excluding hydrogens is 216 g/mol. The quantitative estimate of drug-likeness (QED) is 0.457. The number of aryl methyl sites for hydroxylation is 1. The lowest BCUT2D eigenvalue weighted by Crippen LogP contribution is -2.35. The molecule has 1 aromatic rings. The van der Waals surface area contributed by atoms with Crippen molar-refractivity contribution in [3.05, 3.63) is 35.4 Å². The Bertz CT molecular complexity index is 416. The number of ether oxygens (including phenoxy) is 1. The first-order valence-corrected chi connectivity index (χ1v) is 5.68. The summed E-state index contributed by atoms with van der Waals surface area (Å²) in [6.07, 6.45) is 0. The van der Waals surface area contributed by atoms with E-state index in [2.05, 4.69) is 0 Å². The molecule has 0 saturated carbocycles. The van der Waals surface area contributed by atoms with Gasteiger partial charge in [-0.05, 0) is 27.7 Å². The maximum absolute atomic E-state index is 12.2. The van der Waals surface area contributed by atoms with Crippen LogP contribution in [-0.4, -0.2) is 18.4 Å². The molecule has 17 heavy (non-hydrogen) atoms. The molecule has 0 spiro atoms. The van der Waals surface area contributed by atoms with Crippen LogP contribution in [0.5, 0.6) is 0 Å². The molecule has 0 bridgehead atoms. The largest absolute Gasteiger partial charge is 0.465 e. The highest BCUT2D eigenvalue weighted by Crippen LogP contribution is 2.24. The second-order valence-corrected chi connectivity index (χ2v) is 4.54. The van der Waals surface area contributed by atoms with E-state index in [9.17, 15) is 9.59 Å². The van der Waals surface area contributed by atoms with E-state index in [4.69, 9.17) is 4.74 Å². The Labute approximate surface area is 102 Å². The smallest absolute Gasteiger partial charge is 0.319 e. The summed E-state index contributed by atoms with van der Waals surface area (Å²) in [5.74, 6) is -0.693. The monoisotopic (exact) mass is 234 g/mol. The van der Waals surface area contributed by atoms with Crippen LogP contribution in [0.2, 0.25) is 0 Å². The van der Waals surface area contributed by atoms with Gasteiger partial charge in [-0.25, -0.2) is 0 Å². The highest BCUT2D eigenvalue weighted by molar-refractivity contribution is 6.11. The van der Waals surface area contributed by atoms with Gasteiger partial charge in [0.1, 0.15) is 5.41 Å². The molecule has 0 radical (unpaired) electrons. The Hall–Kier alpha value is -1.64. The predicted octanol–water partition coefficient (Wildman–Crippen LogP) is 2.77. The van der Waals surface area contributed by atoms with Gasteiger partial charge < -0.3 is 4.74 Å². The van der Waals surface area contributed by atoms with Crippen LogP contribution in [-0.2, 0) is 9.53 Å². The third kappa shape index (κ3) is 2.93. The topological polar surface area (TPSA) is 43.4 Å². The fourth-order valence-electron chi connectivity index (χ4n) is 1.47. The molecule has 0 aliphatic heterocycles. The van der Waals surface area contributed by atoms with E-state index in [-0.39, 0.29) is 12.4 Å². The van der Waals surface area contributed by atoms with Gasteiger partial charge in [0, 0.05) is 5.56 Å². The minimum absolute atomic E-state index is 0.212. The molecule has 3 nitrogen and oxygen atoms in total. The second kappa shape index (κ2) is 5.13. The predicted molar refractivity (Wildman–Crippen MR) is 65.9 cm³/mol. The van der Waals surface area contributed by atoms with Crippen molar-refractivity contribution < 1.29 is 14.3 Å². The molecule has 92 valence electrons. The van der Waals surface area contributed by atoms with Crippen molar-refractivity contribution >= 4 is 11.8 Å². The van der Waals surface area contributed by atoms with E-state index < -0.39 is 11.4 Å². The zero-order valence-electron chi connectivity index (χ0n) is 10.7. The number of rotatable bonds is 4. The van der Waals surface area contributed by atoms with Crippen molar-refractivity contribution in [2.45, 2.75) is 27.7 Å². The summed E-state index contributed by atoms with van der Waals surface area (Å²) in [7, 11) is 0. The number of hydrogen-bond acceptors (Lipinski definition) is 3. The number of benzene rings is 1. The number of esters is 1. The lowest BCUT2D eigenvalue weighted by molar-refractivity contribution is -0.150. The van der Waals surface area contributed by atoms with Gasteiger partial charge >= 0.3 is 5.97 Å². The van der Waals surface area contributed by atoms with E-state index >= 15 is 0 Å². The third-order valence-electron chi connectivity index (χ3n) is 2.67. The van der Waals surface area contributed by atoms with Crippen molar-refractivity contribution in [3.8, 4) is 0 Å². The average Bonchev–Trinajstić information content (AvgIpc) is 2.29. The Kier molecular flexibility index (Phi) is 4.05. The van der Waals surface area contributed by atoms with Crippen LogP contribution in [0.25, 0.3) is 0 Å². The number of carbonyl (C=O) groups is 2. The maximum Gasteiger partial charge on any atom is 0.319 e. The summed E-state index contributed by atoms with van der Waals surface area (Å²) in [6, 6.07) is 7.18. The van der Waals surface area contributed by atoms with Gasteiger partial charge in [-0.15, -0.1) is 0 Å². The number of ketones is 1. The van der Waals surface area contributed by atoms with Crippen LogP contribution in [0.3, 0.4) is 0 Å². The molecule has 0 amide bonds. The molecule has 0 aliphatic carbocycles. The first kappa shape index (κ1) is 13.4. The lowest BCUT2D eigenvalue weighted by Gasteiger charge is -2.20. The summed E-state index contributed by atoms with van der Waals surface area (Å²) in [4.78, 5) is 23.9. The van der Waals surface area contributed by atoms with Crippen molar-refractivity contribution in [2.75, 3.05) is 6.61 Å². The Morgan fingerprint density at radius 3 is 2.18 bits per heavy atom. The van der Waals surface area contributed by atoms with E-state index in [1.807, 2.05) is 19.1 Å². The molecule has 1 rings (SSSR count). The van der Waals surface area contributed by atoms with Gasteiger partial charge in [-0.3, -0.25) is 9.59 Å². The van der Waals surface area contributed by atoms with Crippen LogP contribution in [0.15, 0.2) is 24.3 Å². The lowest BCUT2D eigenvalue weighted by atomic mass is 9.84. The van der Waals surface area contributed by atoms with E-state index in [1.165, 1.54) is 0 Å². The minimum Gasteiger partial charge on any atom is -0.465 e. The van der Waals surface area contributed by atoms with Gasteiger partial charge in [0.05, 0.1) is 6.61 Å². The van der Waals surface area contributed by atoms with E-state index in [1.54, 1.807) is 32.9 Å². The minimum atomic E-state index is -1.13. The zero-order valence-corrected chi connectivity index (χ0v) is 10.7. The molecule has 0 aromatic heterocycles. The molecule has 3 heteroatoms. The van der Waals surface area contributed by atoms with E-state index in [0.29, 0.717) is 5.56 Å². The first-order chi connectivity index (χ1) is 7.89. The third-order valence-corrected chi connectivity index (χ3v) is 2.67. The molecule has 0 unspecified atom stereocenters.